The first-order chi connectivity index (χ1) is 16.2. The number of benzene rings is 3. The number of anilines is 1. The van der Waals surface area contributed by atoms with Gasteiger partial charge in [-0.3, -0.25) is 19.7 Å². The van der Waals surface area contributed by atoms with Crippen LogP contribution in [0.25, 0.3) is 0 Å². The van der Waals surface area contributed by atoms with E-state index in [9.17, 15) is 28.5 Å². The van der Waals surface area contributed by atoms with Crippen LogP contribution < -0.4 is 16.0 Å². The van der Waals surface area contributed by atoms with Crippen molar-refractivity contribution in [2.45, 2.75) is 12.6 Å². The van der Waals surface area contributed by atoms with Crippen LogP contribution in [0.1, 0.15) is 27.5 Å². The third-order valence-electron chi connectivity index (χ3n) is 4.94. The molecule has 3 aromatic rings. The molecule has 0 aromatic heterocycles. The number of nitrogens with one attached hydrogen (secondary N) is 3. The first-order valence-corrected chi connectivity index (χ1v) is 10.3. The predicted octanol–water partition coefficient (Wildman–Crippen LogP) is 4.36. The topological polar surface area (TPSA) is 113 Å². The fourth-order valence-electron chi connectivity index (χ4n) is 3.16. The second kappa shape index (κ2) is 10.7. The molecule has 0 radical (unpaired) electrons. The van der Waals surface area contributed by atoms with E-state index in [4.69, 9.17) is 11.6 Å². The second-order valence-electron chi connectivity index (χ2n) is 7.13. The number of likely N-dealkylation sites (N-methyl/N-ethyl adjacent to an activating group) is 1. The average Bonchev–Trinajstić information content (AvgIpc) is 2.83. The van der Waals surface area contributed by atoms with Gasteiger partial charge in [-0.1, -0.05) is 35.9 Å². The van der Waals surface area contributed by atoms with Gasteiger partial charge in [-0.25, -0.2) is 8.78 Å². The van der Waals surface area contributed by atoms with Crippen LogP contribution in [0.3, 0.4) is 0 Å². The molecular weight excluding hydrogens is 470 g/mol. The van der Waals surface area contributed by atoms with E-state index in [0.717, 1.165) is 29.8 Å². The number of nitro benzene ring substituents is 1. The van der Waals surface area contributed by atoms with Crippen molar-refractivity contribution in [3.8, 4) is 0 Å². The monoisotopic (exact) mass is 488 g/mol. The highest BCUT2D eigenvalue weighted by atomic mass is 35.5. The van der Waals surface area contributed by atoms with Crippen LogP contribution in [0.2, 0.25) is 5.02 Å². The van der Waals surface area contributed by atoms with Gasteiger partial charge < -0.3 is 16.0 Å². The summed E-state index contributed by atoms with van der Waals surface area (Å²) in [6.45, 7) is 0.209. The molecule has 3 N–H and O–H groups in total. The minimum atomic E-state index is -1.36. The third-order valence-corrected chi connectivity index (χ3v) is 5.31. The van der Waals surface area contributed by atoms with E-state index >= 15 is 0 Å². The largest absolute Gasteiger partial charge is 0.375 e. The lowest BCUT2D eigenvalue weighted by atomic mass is 10.0. The molecule has 34 heavy (non-hydrogen) atoms. The zero-order valence-electron chi connectivity index (χ0n) is 17.8. The van der Waals surface area contributed by atoms with Gasteiger partial charge in [-0.15, -0.1) is 0 Å². The van der Waals surface area contributed by atoms with Crippen LogP contribution >= 0.6 is 11.6 Å². The van der Waals surface area contributed by atoms with Gasteiger partial charge in [0.1, 0.15) is 11.7 Å². The minimum absolute atomic E-state index is 0.000809. The zero-order valence-corrected chi connectivity index (χ0v) is 18.5. The van der Waals surface area contributed by atoms with Gasteiger partial charge >= 0.3 is 0 Å². The molecule has 0 aliphatic rings. The third kappa shape index (κ3) is 5.65. The van der Waals surface area contributed by atoms with Crippen molar-refractivity contribution in [1.82, 2.24) is 10.6 Å². The van der Waals surface area contributed by atoms with E-state index < -0.39 is 34.4 Å². The number of rotatable bonds is 8. The summed E-state index contributed by atoms with van der Waals surface area (Å²) in [7, 11) is 1.31. The van der Waals surface area contributed by atoms with Crippen LogP contribution in [0, 0.1) is 21.7 Å². The van der Waals surface area contributed by atoms with Gasteiger partial charge in [0.05, 0.1) is 4.92 Å². The summed E-state index contributed by atoms with van der Waals surface area (Å²) < 4.78 is 26.9. The molecule has 2 amide bonds. The van der Waals surface area contributed by atoms with Crippen molar-refractivity contribution in [2.24, 2.45) is 0 Å². The Bertz CT molecular complexity index is 1260. The Morgan fingerprint density at radius 2 is 1.79 bits per heavy atom. The van der Waals surface area contributed by atoms with Crippen LogP contribution in [0.15, 0.2) is 60.7 Å². The maximum absolute atomic E-state index is 13.7. The number of amides is 2. The Morgan fingerprint density at radius 3 is 2.44 bits per heavy atom. The number of halogens is 3. The fourth-order valence-corrected chi connectivity index (χ4v) is 3.36. The quantitative estimate of drug-likeness (QED) is 0.322. The molecule has 11 heteroatoms. The Kier molecular flexibility index (Phi) is 7.75. The Balaban J connectivity index is 1.84. The molecule has 0 aliphatic heterocycles. The van der Waals surface area contributed by atoms with Gasteiger partial charge in [0.2, 0.25) is 5.91 Å². The molecule has 0 saturated heterocycles. The number of carbonyl (C=O) groups is 2. The molecule has 8 nitrogen and oxygen atoms in total. The number of nitrogens with zero attached hydrogens (tertiary/aromatic N) is 1. The number of carbonyl (C=O) groups excluding carboxylic acids is 2. The van der Waals surface area contributed by atoms with Crippen molar-refractivity contribution < 1.29 is 23.3 Å². The van der Waals surface area contributed by atoms with E-state index in [1.165, 1.54) is 19.2 Å². The van der Waals surface area contributed by atoms with Crippen molar-refractivity contribution in [2.75, 3.05) is 12.4 Å². The normalized spacial score (nSPS) is 11.4. The highest BCUT2D eigenvalue weighted by molar-refractivity contribution is 6.31. The van der Waals surface area contributed by atoms with Gasteiger partial charge in [0.15, 0.2) is 11.6 Å². The van der Waals surface area contributed by atoms with Crippen LogP contribution in [-0.4, -0.2) is 23.8 Å². The smallest absolute Gasteiger partial charge is 0.293 e. The van der Waals surface area contributed by atoms with Crippen LogP contribution in [0.5, 0.6) is 0 Å². The number of hydrogen-bond acceptors (Lipinski definition) is 5. The predicted molar refractivity (Wildman–Crippen MR) is 123 cm³/mol. The van der Waals surface area contributed by atoms with E-state index in [-0.39, 0.29) is 29.0 Å². The summed E-state index contributed by atoms with van der Waals surface area (Å²) in [5.41, 5.74) is 0.403. The summed E-state index contributed by atoms with van der Waals surface area (Å²) in [5.74, 6) is -3.81. The van der Waals surface area contributed by atoms with Crippen molar-refractivity contribution in [1.29, 1.82) is 0 Å². The van der Waals surface area contributed by atoms with Crippen molar-refractivity contribution in [3.05, 3.63) is 104 Å². The molecule has 0 fully saturated rings. The summed E-state index contributed by atoms with van der Waals surface area (Å²) in [4.78, 5) is 36.0. The molecular formula is C23H19ClF2N4O4. The van der Waals surface area contributed by atoms with Crippen molar-refractivity contribution in [3.63, 3.8) is 0 Å². The van der Waals surface area contributed by atoms with E-state index in [0.29, 0.717) is 5.02 Å². The highest BCUT2D eigenvalue weighted by Crippen LogP contribution is 2.27. The maximum atomic E-state index is 13.7. The van der Waals surface area contributed by atoms with Crippen molar-refractivity contribution >= 4 is 34.8 Å². The lowest BCUT2D eigenvalue weighted by molar-refractivity contribution is -0.384. The first-order valence-electron chi connectivity index (χ1n) is 9.94. The molecule has 176 valence electrons. The van der Waals surface area contributed by atoms with Gasteiger partial charge in [-0.2, -0.15) is 0 Å². The molecule has 0 spiro atoms. The Labute approximate surface area is 198 Å². The standard InChI is InChI=1S/C23H19ClF2N4O4/c1-27-23(32)21(13-6-8-17(25)18(26)10-13)29-22(31)14-7-9-19(20(11-14)30(33)34)28-12-15-4-2-3-5-16(15)24/h2-11,21,28H,12H2,1H3,(H,27,32)(H,29,31). The van der Waals surface area contributed by atoms with Gasteiger partial charge in [-0.05, 0) is 41.5 Å². The van der Waals surface area contributed by atoms with Gasteiger partial charge in [0.25, 0.3) is 11.6 Å². The fraction of sp³-hybridized carbons (Fsp3) is 0.130. The number of nitro groups is 1. The number of hydrogen-bond donors (Lipinski definition) is 3. The Hall–Kier alpha value is -4.05. The zero-order chi connectivity index (χ0) is 24.8. The summed E-state index contributed by atoms with van der Waals surface area (Å²) in [6, 6.07) is 12.2. The molecule has 3 rings (SSSR count). The van der Waals surface area contributed by atoms with E-state index in [1.54, 1.807) is 24.3 Å². The van der Waals surface area contributed by atoms with E-state index in [1.807, 2.05) is 0 Å². The van der Waals surface area contributed by atoms with Crippen LogP contribution in [-0.2, 0) is 11.3 Å². The lowest BCUT2D eigenvalue weighted by Gasteiger charge is -2.18. The molecule has 3 aromatic carbocycles. The molecule has 0 aliphatic carbocycles. The second-order valence-corrected chi connectivity index (χ2v) is 7.54. The highest BCUT2D eigenvalue weighted by Gasteiger charge is 2.25. The van der Waals surface area contributed by atoms with E-state index in [2.05, 4.69) is 16.0 Å². The SMILES string of the molecule is CNC(=O)C(NC(=O)c1ccc(NCc2ccccc2Cl)c([N+](=O)[O-])c1)c1ccc(F)c(F)c1. The molecule has 0 saturated carbocycles. The molecule has 1 atom stereocenters. The molecule has 0 bridgehead atoms. The summed E-state index contributed by atoms with van der Waals surface area (Å²) in [6.07, 6.45) is 0. The lowest BCUT2D eigenvalue weighted by Crippen LogP contribution is -2.39. The average molecular weight is 489 g/mol. The minimum Gasteiger partial charge on any atom is -0.375 e. The summed E-state index contributed by atoms with van der Waals surface area (Å²) >= 11 is 6.11. The Morgan fingerprint density at radius 1 is 1.06 bits per heavy atom. The van der Waals surface area contributed by atoms with Crippen LogP contribution in [0.4, 0.5) is 20.2 Å². The maximum Gasteiger partial charge on any atom is 0.293 e. The molecule has 0 heterocycles. The summed E-state index contributed by atoms with van der Waals surface area (Å²) in [5, 5.41) is 19.8. The van der Waals surface area contributed by atoms with Gasteiger partial charge in [0, 0.05) is 30.2 Å². The molecule has 1 unspecified atom stereocenters. The first kappa shape index (κ1) is 24.6.